The molecule has 2 amide bonds. The largest absolute Gasteiger partial charge is 0.346 e. The summed E-state index contributed by atoms with van der Waals surface area (Å²) in [6.07, 6.45) is 7.00. The SMILES string of the molecule is CC(C)n1nccc1NC(=O)CN1CCC([C@H]2CCCCN(C)C2=O)CC1. The zero-order chi connectivity index (χ0) is 19.4. The molecule has 150 valence electrons. The highest BCUT2D eigenvalue weighted by molar-refractivity contribution is 5.91. The number of amides is 2. The van der Waals surface area contributed by atoms with Crippen molar-refractivity contribution in [3.8, 4) is 0 Å². The van der Waals surface area contributed by atoms with Crippen LogP contribution in [0.2, 0.25) is 0 Å². The lowest BCUT2D eigenvalue weighted by atomic mass is 9.81. The summed E-state index contributed by atoms with van der Waals surface area (Å²) in [6.45, 7) is 7.14. The van der Waals surface area contributed by atoms with Crippen molar-refractivity contribution in [1.82, 2.24) is 19.6 Å². The van der Waals surface area contributed by atoms with Gasteiger partial charge in [-0.15, -0.1) is 0 Å². The van der Waals surface area contributed by atoms with Gasteiger partial charge in [-0.25, -0.2) is 4.68 Å². The number of carbonyl (C=O) groups excluding carboxylic acids is 2. The molecule has 0 bridgehead atoms. The molecular weight excluding hydrogens is 342 g/mol. The minimum absolute atomic E-state index is 0.00104. The van der Waals surface area contributed by atoms with Gasteiger partial charge in [0, 0.05) is 31.6 Å². The molecule has 3 rings (SSSR count). The number of piperidine rings is 1. The van der Waals surface area contributed by atoms with Crippen LogP contribution in [0.3, 0.4) is 0 Å². The number of rotatable bonds is 5. The van der Waals surface area contributed by atoms with Gasteiger partial charge in [0.25, 0.3) is 0 Å². The first-order valence-corrected chi connectivity index (χ1v) is 10.3. The summed E-state index contributed by atoms with van der Waals surface area (Å²) >= 11 is 0. The van der Waals surface area contributed by atoms with E-state index in [4.69, 9.17) is 0 Å². The summed E-state index contributed by atoms with van der Waals surface area (Å²) in [5, 5.41) is 7.22. The summed E-state index contributed by atoms with van der Waals surface area (Å²) < 4.78 is 1.82. The highest BCUT2D eigenvalue weighted by Crippen LogP contribution is 2.31. The van der Waals surface area contributed by atoms with Gasteiger partial charge in [-0.3, -0.25) is 14.5 Å². The van der Waals surface area contributed by atoms with Crippen LogP contribution in [-0.2, 0) is 9.59 Å². The van der Waals surface area contributed by atoms with E-state index in [-0.39, 0.29) is 17.9 Å². The highest BCUT2D eigenvalue weighted by Gasteiger charge is 2.34. The van der Waals surface area contributed by atoms with Gasteiger partial charge >= 0.3 is 0 Å². The third-order valence-electron chi connectivity index (χ3n) is 5.95. The number of likely N-dealkylation sites (tertiary alicyclic amines) is 2. The summed E-state index contributed by atoms with van der Waals surface area (Å²) in [5.41, 5.74) is 0. The molecule has 1 N–H and O–H groups in total. The fourth-order valence-electron chi connectivity index (χ4n) is 4.39. The van der Waals surface area contributed by atoms with E-state index in [0.717, 1.165) is 57.6 Å². The van der Waals surface area contributed by atoms with Crippen LogP contribution < -0.4 is 5.32 Å². The van der Waals surface area contributed by atoms with Crippen molar-refractivity contribution in [2.24, 2.45) is 11.8 Å². The summed E-state index contributed by atoms with van der Waals surface area (Å²) in [5.74, 6) is 1.71. The number of hydrogen-bond acceptors (Lipinski definition) is 4. The molecule has 1 atom stereocenters. The Bertz CT molecular complexity index is 649. The van der Waals surface area contributed by atoms with Crippen molar-refractivity contribution in [2.75, 3.05) is 38.5 Å². The molecule has 1 aromatic rings. The third-order valence-corrected chi connectivity index (χ3v) is 5.95. The molecule has 2 saturated heterocycles. The Morgan fingerprint density at radius 3 is 2.67 bits per heavy atom. The van der Waals surface area contributed by atoms with E-state index in [1.54, 1.807) is 6.20 Å². The summed E-state index contributed by atoms with van der Waals surface area (Å²) in [7, 11) is 1.93. The van der Waals surface area contributed by atoms with Crippen molar-refractivity contribution in [1.29, 1.82) is 0 Å². The number of nitrogens with zero attached hydrogens (tertiary/aromatic N) is 4. The molecule has 0 aromatic carbocycles. The van der Waals surface area contributed by atoms with Crippen LogP contribution in [0.5, 0.6) is 0 Å². The molecular formula is C20H33N5O2. The van der Waals surface area contributed by atoms with Crippen LogP contribution in [-0.4, -0.2) is 64.6 Å². The maximum atomic E-state index is 12.6. The Balaban J connectivity index is 1.48. The van der Waals surface area contributed by atoms with E-state index >= 15 is 0 Å². The maximum absolute atomic E-state index is 12.6. The molecule has 0 saturated carbocycles. The molecule has 2 aliphatic heterocycles. The Kier molecular flexibility index (Phi) is 6.52. The summed E-state index contributed by atoms with van der Waals surface area (Å²) in [4.78, 5) is 29.1. The van der Waals surface area contributed by atoms with Gasteiger partial charge in [-0.05, 0) is 58.5 Å². The first-order chi connectivity index (χ1) is 13.0. The van der Waals surface area contributed by atoms with Gasteiger partial charge in [-0.1, -0.05) is 6.42 Å². The van der Waals surface area contributed by atoms with Crippen molar-refractivity contribution >= 4 is 17.6 Å². The highest BCUT2D eigenvalue weighted by atomic mass is 16.2. The van der Waals surface area contributed by atoms with Crippen LogP contribution in [0.15, 0.2) is 12.3 Å². The molecule has 3 heterocycles. The fraction of sp³-hybridized carbons (Fsp3) is 0.750. The third kappa shape index (κ3) is 4.89. The van der Waals surface area contributed by atoms with E-state index < -0.39 is 0 Å². The standard InChI is InChI=1S/C20H33N5O2/c1-15(2)25-18(7-10-21-25)22-19(26)14-24-12-8-16(9-13-24)17-6-4-5-11-23(3)20(17)27/h7,10,15-17H,4-6,8-9,11-14H2,1-3H3,(H,22,26)/t17-/m1/s1. The van der Waals surface area contributed by atoms with Gasteiger partial charge in [-0.2, -0.15) is 5.10 Å². The Morgan fingerprint density at radius 2 is 1.96 bits per heavy atom. The fourth-order valence-corrected chi connectivity index (χ4v) is 4.39. The molecule has 0 aliphatic carbocycles. The van der Waals surface area contributed by atoms with Gasteiger partial charge < -0.3 is 10.2 Å². The van der Waals surface area contributed by atoms with Crippen molar-refractivity contribution in [3.63, 3.8) is 0 Å². The minimum Gasteiger partial charge on any atom is -0.346 e. The maximum Gasteiger partial charge on any atom is 0.239 e. The smallest absolute Gasteiger partial charge is 0.239 e. The molecule has 27 heavy (non-hydrogen) atoms. The van der Waals surface area contributed by atoms with Crippen LogP contribution in [0, 0.1) is 11.8 Å². The second-order valence-electron chi connectivity index (χ2n) is 8.28. The molecule has 2 fully saturated rings. The van der Waals surface area contributed by atoms with E-state index in [0.29, 0.717) is 18.4 Å². The molecule has 2 aliphatic rings. The topological polar surface area (TPSA) is 70.5 Å². The number of aromatic nitrogens is 2. The van der Waals surface area contributed by atoms with Crippen molar-refractivity contribution < 1.29 is 9.59 Å². The predicted octanol–water partition coefficient (Wildman–Crippen LogP) is 2.37. The molecule has 7 nitrogen and oxygen atoms in total. The number of hydrogen-bond donors (Lipinski definition) is 1. The number of anilines is 1. The summed E-state index contributed by atoms with van der Waals surface area (Å²) in [6, 6.07) is 2.04. The van der Waals surface area contributed by atoms with E-state index in [1.807, 2.05) is 36.5 Å². The lowest BCUT2D eigenvalue weighted by molar-refractivity contribution is -0.136. The number of carbonyl (C=O) groups is 2. The number of nitrogens with one attached hydrogen (secondary N) is 1. The Hall–Kier alpha value is -1.89. The average molecular weight is 376 g/mol. The molecule has 7 heteroatoms. The van der Waals surface area contributed by atoms with Gasteiger partial charge in [0.15, 0.2) is 0 Å². The first-order valence-electron chi connectivity index (χ1n) is 10.3. The van der Waals surface area contributed by atoms with Gasteiger partial charge in [0.05, 0.1) is 12.7 Å². The quantitative estimate of drug-likeness (QED) is 0.858. The van der Waals surface area contributed by atoms with Crippen LogP contribution in [0.1, 0.15) is 52.0 Å². The second-order valence-corrected chi connectivity index (χ2v) is 8.28. The van der Waals surface area contributed by atoms with Crippen LogP contribution in [0.4, 0.5) is 5.82 Å². The van der Waals surface area contributed by atoms with Gasteiger partial charge in [0.2, 0.25) is 11.8 Å². The van der Waals surface area contributed by atoms with Crippen molar-refractivity contribution in [3.05, 3.63) is 12.3 Å². The Labute approximate surface area is 162 Å². The lowest BCUT2D eigenvalue weighted by Crippen LogP contribution is -2.43. The molecule has 1 aromatic heterocycles. The Morgan fingerprint density at radius 1 is 1.22 bits per heavy atom. The molecule has 0 spiro atoms. The van der Waals surface area contributed by atoms with E-state index in [9.17, 15) is 9.59 Å². The monoisotopic (exact) mass is 375 g/mol. The average Bonchev–Trinajstić information content (AvgIpc) is 3.03. The predicted molar refractivity (Wildman–Crippen MR) is 105 cm³/mol. The lowest BCUT2D eigenvalue weighted by Gasteiger charge is -2.35. The molecule has 0 unspecified atom stereocenters. The minimum atomic E-state index is 0.00104. The zero-order valence-corrected chi connectivity index (χ0v) is 16.9. The van der Waals surface area contributed by atoms with E-state index in [2.05, 4.69) is 15.3 Å². The normalized spacial score (nSPS) is 22.9. The van der Waals surface area contributed by atoms with E-state index in [1.165, 1.54) is 0 Å². The zero-order valence-electron chi connectivity index (χ0n) is 16.9. The van der Waals surface area contributed by atoms with Gasteiger partial charge in [0.1, 0.15) is 5.82 Å². The van der Waals surface area contributed by atoms with Crippen LogP contribution >= 0.6 is 0 Å². The second kappa shape index (κ2) is 8.87. The first kappa shape index (κ1) is 19.9. The molecule has 0 radical (unpaired) electrons. The van der Waals surface area contributed by atoms with Crippen molar-refractivity contribution in [2.45, 2.75) is 52.0 Å². The van der Waals surface area contributed by atoms with Crippen LogP contribution in [0.25, 0.3) is 0 Å².